The van der Waals surface area contributed by atoms with Gasteiger partial charge in [0.2, 0.25) is 0 Å². The van der Waals surface area contributed by atoms with Gasteiger partial charge in [-0.25, -0.2) is 15.6 Å². The van der Waals surface area contributed by atoms with Gasteiger partial charge in [-0.15, -0.1) is 12.4 Å². The van der Waals surface area contributed by atoms with Crippen molar-refractivity contribution in [3.8, 4) is 0 Å². The summed E-state index contributed by atoms with van der Waals surface area (Å²) < 4.78 is 0. The van der Waals surface area contributed by atoms with Gasteiger partial charge in [0.05, 0.1) is 11.3 Å². The number of nitrogens with one attached hydrogen (secondary N) is 1. The molecule has 0 aliphatic rings. The number of carboxylic acid groups (broad SMARTS) is 1. The summed E-state index contributed by atoms with van der Waals surface area (Å²) in [6, 6.07) is 4.73. The summed E-state index contributed by atoms with van der Waals surface area (Å²) >= 11 is 0. The first kappa shape index (κ1) is 13.4. The van der Waals surface area contributed by atoms with Crippen LogP contribution in [-0.4, -0.2) is 17.4 Å². The molecule has 82 valence electrons. The topological polar surface area (TPSA) is 87.7 Å². The van der Waals surface area contributed by atoms with Crippen LogP contribution in [0, 0.1) is 6.92 Å². The summed E-state index contributed by atoms with van der Waals surface area (Å²) in [5, 5.41) is 8.73. The first-order valence-electron chi connectivity index (χ1n) is 3.97. The first-order valence-corrected chi connectivity index (χ1v) is 3.97. The fourth-order valence-electron chi connectivity index (χ4n) is 0.988. The molecule has 0 heterocycles. The minimum Gasteiger partial charge on any atom is -0.478 e. The number of hydrazine groups is 1. The monoisotopic (exact) mass is 229 g/mol. The number of aryl methyl sites for hydroxylation is 1. The fourth-order valence-corrected chi connectivity index (χ4v) is 0.988. The number of nitrogens with zero attached hydrogens (tertiary/aromatic N) is 1. The molecule has 0 radical (unpaired) electrons. The summed E-state index contributed by atoms with van der Waals surface area (Å²) in [5.41, 5.74) is 3.94. The molecule has 0 atom stereocenters. The van der Waals surface area contributed by atoms with E-state index in [1.54, 1.807) is 6.07 Å². The van der Waals surface area contributed by atoms with E-state index in [1.807, 2.05) is 6.92 Å². The minimum absolute atomic E-state index is 0. The van der Waals surface area contributed by atoms with E-state index in [9.17, 15) is 4.79 Å². The van der Waals surface area contributed by atoms with Gasteiger partial charge in [0.1, 0.15) is 6.34 Å². The second kappa shape index (κ2) is 6.00. The van der Waals surface area contributed by atoms with Gasteiger partial charge in [-0.1, -0.05) is 6.07 Å². The number of rotatable bonds is 3. The van der Waals surface area contributed by atoms with Crippen molar-refractivity contribution in [3.63, 3.8) is 0 Å². The van der Waals surface area contributed by atoms with Crippen LogP contribution in [0.25, 0.3) is 0 Å². The van der Waals surface area contributed by atoms with Gasteiger partial charge in [0, 0.05) is 0 Å². The van der Waals surface area contributed by atoms with Crippen molar-refractivity contribution in [1.82, 2.24) is 5.43 Å². The molecular weight excluding hydrogens is 218 g/mol. The highest BCUT2D eigenvalue weighted by molar-refractivity contribution is 5.89. The van der Waals surface area contributed by atoms with Gasteiger partial charge in [-0.2, -0.15) is 0 Å². The molecule has 0 saturated carbocycles. The molecule has 6 heteroatoms. The normalized spacial score (nSPS) is 9.73. The lowest BCUT2D eigenvalue weighted by molar-refractivity contribution is 0.0697. The Hall–Kier alpha value is -1.59. The minimum atomic E-state index is -0.970. The van der Waals surface area contributed by atoms with E-state index in [-0.39, 0.29) is 18.0 Å². The third-order valence-electron chi connectivity index (χ3n) is 1.73. The molecule has 1 rings (SSSR count). The van der Waals surface area contributed by atoms with Crippen LogP contribution in [0.2, 0.25) is 0 Å². The van der Waals surface area contributed by atoms with Gasteiger partial charge in [-0.3, -0.25) is 0 Å². The van der Waals surface area contributed by atoms with E-state index < -0.39 is 5.97 Å². The molecule has 0 spiro atoms. The van der Waals surface area contributed by atoms with Gasteiger partial charge in [-0.05, 0) is 24.6 Å². The Morgan fingerprint density at radius 3 is 2.80 bits per heavy atom. The van der Waals surface area contributed by atoms with E-state index in [4.69, 9.17) is 10.9 Å². The second-order valence-corrected chi connectivity index (χ2v) is 2.73. The maximum atomic E-state index is 10.6. The van der Waals surface area contributed by atoms with Crippen LogP contribution in [0.1, 0.15) is 15.9 Å². The smallest absolute Gasteiger partial charge is 0.335 e. The lowest BCUT2D eigenvalue weighted by Gasteiger charge is -2.01. The molecule has 15 heavy (non-hydrogen) atoms. The Kier molecular flexibility index (Phi) is 5.36. The van der Waals surface area contributed by atoms with Crippen molar-refractivity contribution in [2.75, 3.05) is 0 Å². The third kappa shape index (κ3) is 3.57. The highest BCUT2D eigenvalue weighted by atomic mass is 35.5. The molecule has 4 N–H and O–H groups in total. The summed E-state index contributed by atoms with van der Waals surface area (Å²) in [6.07, 6.45) is 1.30. The Morgan fingerprint density at radius 1 is 1.60 bits per heavy atom. The fraction of sp³-hybridized carbons (Fsp3) is 0.111. The molecule has 0 unspecified atom stereocenters. The highest BCUT2D eigenvalue weighted by Gasteiger charge is 2.04. The molecule has 0 aromatic heterocycles. The standard InChI is InChI=1S/C9H11N3O2.ClH/c1-6-2-3-7(9(13)14)4-8(6)11-5-12-10;/h2-5H,10H2,1H3,(H,11,12)(H,13,14);1H. The number of nitrogens with two attached hydrogens (primary N) is 1. The predicted octanol–water partition coefficient (Wildman–Crippen LogP) is 1.24. The molecule has 0 fully saturated rings. The number of halogens is 1. The molecule has 0 aliphatic heterocycles. The maximum Gasteiger partial charge on any atom is 0.335 e. The van der Waals surface area contributed by atoms with E-state index in [1.165, 1.54) is 18.5 Å². The Morgan fingerprint density at radius 2 is 2.27 bits per heavy atom. The van der Waals surface area contributed by atoms with Crippen LogP contribution in [0.4, 0.5) is 5.69 Å². The molecule has 5 nitrogen and oxygen atoms in total. The largest absolute Gasteiger partial charge is 0.478 e. The van der Waals surface area contributed by atoms with E-state index >= 15 is 0 Å². The zero-order valence-electron chi connectivity index (χ0n) is 8.10. The Bertz CT molecular complexity index is 380. The maximum absolute atomic E-state index is 10.6. The quantitative estimate of drug-likeness (QED) is 0.315. The number of hydrogen-bond acceptors (Lipinski definition) is 3. The number of hydrogen-bond donors (Lipinski definition) is 3. The molecule has 0 bridgehead atoms. The zero-order valence-corrected chi connectivity index (χ0v) is 8.91. The number of carboxylic acids is 1. The number of carbonyl (C=O) groups is 1. The van der Waals surface area contributed by atoms with E-state index in [2.05, 4.69) is 10.4 Å². The van der Waals surface area contributed by atoms with Crippen molar-refractivity contribution in [1.29, 1.82) is 0 Å². The summed E-state index contributed by atoms with van der Waals surface area (Å²) in [4.78, 5) is 14.6. The van der Waals surface area contributed by atoms with Crippen LogP contribution < -0.4 is 11.3 Å². The van der Waals surface area contributed by atoms with Crippen molar-refractivity contribution < 1.29 is 9.90 Å². The van der Waals surface area contributed by atoms with Crippen LogP contribution >= 0.6 is 12.4 Å². The van der Waals surface area contributed by atoms with Gasteiger partial charge >= 0.3 is 5.97 Å². The highest BCUT2D eigenvalue weighted by Crippen LogP contribution is 2.19. The van der Waals surface area contributed by atoms with Crippen molar-refractivity contribution in [3.05, 3.63) is 29.3 Å². The molecule has 1 aromatic carbocycles. The summed E-state index contributed by atoms with van der Waals surface area (Å²) in [7, 11) is 0. The van der Waals surface area contributed by atoms with Crippen molar-refractivity contribution in [2.24, 2.45) is 10.8 Å². The summed E-state index contributed by atoms with van der Waals surface area (Å²) in [5.74, 6) is 4.04. The van der Waals surface area contributed by atoms with Crippen LogP contribution in [0.3, 0.4) is 0 Å². The average molecular weight is 230 g/mol. The van der Waals surface area contributed by atoms with E-state index in [0.717, 1.165) is 5.56 Å². The first-order chi connectivity index (χ1) is 6.65. The van der Waals surface area contributed by atoms with Gasteiger partial charge < -0.3 is 10.5 Å². The Labute approximate surface area is 93.4 Å². The van der Waals surface area contributed by atoms with Crippen molar-refractivity contribution >= 4 is 30.4 Å². The average Bonchev–Trinajstić information content (AvgIpc) is 2.16. The SMILES string of the molecule is Cc1ccc(C(=O)O)cc1N=CNN.Cl. The lowest BCUT2D eigenvalue weighted by Crippen LogP contribution is -2.18. The van der Waals surface area contributed by atoms with Crippen molar-refractivity contribution in [2.45, 2.75) is 6.92 Å². The molecule has 0 aliphatic carbocycles. The summed E-state index contributed by atoms with van der Waals surface area (Å²) in [6.45, 7) is 1.84. The van der Waals surface area contributed by atoms with Crippen LogP contribution in [0.15, 0.2) is 23.2 Å². The van der Waals surface area contributed by atoms with Gasteiger partial charge in [0.25, 0.3) is 0 Å². The molecule has 0 amide bonds. The lowest BCUT2D eigenvalue weighted by atomic mass is 10.1. The molecule has 0 saturated heterocycles. The van der Waals surface area contributed by atoms with Gasteiger partial charge in [0.15, 0.2) is 0 Å². The third-order valence-corrected chi connectivity index (χ3v) is 1.73. The second-order valence-electron chi connectivity index (χ2n) is 2.73. The molecule has 1 aromatic rings. The zero-order chi connectivity index (χ0) is 10.6. The number of aliphatic imine (C=N–C) groups is 1. The van der Waals surface area contributed by atoms with Crippen LogP contribution in [0.5, 0.6) is 0 Å². The van der Waals surface area contributed by atoms with E-state index in [0.29, 0.717) is 5.69 Å². The predicted molar refractivity (Wildman–Crippen MR) is 60.9 cm³/mol. The van der Waals surface area contributed by atoms with Crippen LogP contribution in [-0.2, 0) is 0 Å². The Balaban J connectivity index is 0.00000196. The molecular formula is C9H12ClN3O2. The number of benzene rings is 1. The number of aromatic carboxylic acids is 1.